The molecule has 0 aromatic heterocycles. The molecule has 56 valence electrons. The average molecular weight is 145 g/mol. The molecule has 0 bridgehead atoms. The van der Waals surface area contributed by atoms with Crippen LogP contribution in [-0.4, -0.2) is 29.3 Å². The van der Waals surface area contributed by atoms with Crippen LogP contribution < -0.4 is 0 Å². The monoisotopic (exact) mass is 145 g/mol. The van der Waals surface area contributed by atoms with Crippen LogP contribution in [0.1, 0.15) is 6.42 Å². The van der Waals surface area contributed by atoms with Gasteiger partial charge in [0.15, 0.2) is 0 Å². The Labute approximate surface area is 57.7 Å². The lowest BCUT2D eigenvalue weighted by Crippen LogP contribution is -2.25. The van der Waals surface area contributed by atoms with Gasteiger partial charge in [-0.25, -0.2) is 4.79 Å². The fourth-order valence-corrected chi connectivity index (χ4v) is 0.862. The minimum atomic E-state index is -1.03. The summed E-state index contributed by atoms with van der Waals surface area (Å²) in [6, 6.07) is 0. The van der Waals surface area contributed by atoms with Gasteiger partial charge in [0, 0.05) is 12.1 Å². The SMILES string of the molecule is O=C(O)C1=CCCN(F)C1. The molecule has 0 atom stereocenters. The summed E-state index contributed by atoms with van der Waals surface area (Å²) in [6.45, 7) is 0.214. The van der Waals surface area contributed by atoms with Crippen molar-refractivity contribution in [3.63, 3.8) is 0 Å². The van der Waals surface area contributed by atoms with Gasteiger partial charge in [0.1, 0.15) is 0 Å². The summed E-state index contributed by atoms with van der Waals surface area (Å²) in [5, 5.41) is 8.90. The van der Waals surface area contributed by atoms with Crippen LogP contribution in [0.4, 0.5) is 4.48 Å². The van der Waals surface area contributed by atoms with Gasteiger partial charge in [0.05, 0.1) is 6.54 Å². The Balaban J connectivity index is 2.60. The first kappa shape index (κ1) is 7.21. The average Bonchev–Trinajstić information content (AvgIpc) is 1.88. The van der Waals surface area contributed by atoms with Crippen LogP contribution in [0.15, 0.2) is 11.6 Å². The van der Waals surface area contributed by atoms with Crippen LogP contribution in [0.5, 0.6) is 0 Å². The molecule has 0 fully saturated rings. The van der Waals surface area contributed by atoms with Gasteiger partial charge in [-0.05, 0) is 6.42 Å². The van der Waals surface area contributed by atoms with Gasteiger partial charge in [0.2, 0.25) is 0 Å². The Morgan fingerprint density at radius 2 is 2.50 bits per heavy atom. The molecule has 0 radical (unpaired) electrons. The highest BCUT2D eigenvalue weighted by atomic mass is 19.2. The molecule has 1 N–H and O–H groups in total. The zero-order valence-electron chi connectivity index (χ0n) is 5.38. The lowest BCUT2D eigenvalue weighted by atomic mass is 10.1. The second kappa shape index (κ2) is 2.79. The van der Waals surface area contributed by atoms with Crippen LogP contribution in [0.3, 0.4) is 0 Å². The maximum Gasteiger partial charge on any atom is 0.332 e. The van der Waals surface area contributed by atoms with Gasteiger partial charge in [-0.1, -0.05) is 6.08 Å². The van der Waals surface area contributed by atoms with E-state index in [-0.39, 0.29) is 12.1 Å². The molecule has 0 saturated heterocycles. The molecule has 1 aliphatic heterocycles. The predicted octanol–water partition coefficient (Wildman–Crippen LogP) is 0.588. The normalized spacial score (nSPS) is 20.3. The van der Waals surface area contributed by atoms with E-state index in [0.717, 1.165) is 0 Å². The summed E-state index contributed by atoms with van der Waals surface area (Å²) in [5.41, 5.74) is 0.147. The smallest absolute Gasteiger partial charge is 0.332 e. The van der Waals surface area contributed by atoms with Crippen LogP contribution in [-0.2, 0) is 4.79 Å². The molecular formula is C6H8FNO2. The summed E-state index contributed by atoms with van der Waals surface area (Å²) in [6.07, 6.45) is 2.04. The van der Waals surface area contributed by atoms with Gasteiger partial charge < -0.3 is 5.11 Å². The first-order valence-electron chi connectivity index (χ1n) is 3.03. The standard InChI is InChI=1S/C6H8FNO2/c7-8-3-1-2-5(4-8)6(9)10/h2H,1,3-4H2,(H,9,10). The minimum Gasteiger partial charge on any atom is -0.478 e. The molecular weight excluding hydrogens is 137 g/mol. The fraction of sp³-hybridized carbons (Fsp3) is 0.500. The molecule has 0 spiro atoms. The second-order valence-corrected chi connectivity index (χ2v) is 2.17. The highest BCUT2D eigenvalue weighted by molar-refractivity contribution is 5.87. The quantitative estimate of drug-likeness (QED) is 0.549. The molecule has 0 unspecified atom stereocenters. The van der Waals surface area contributed by atoms with Crippen molar-refractivity contribution in [3.05, 3.63) is 11.6 Å². The maximum atomic E-state index is 12.3. The molecule has 4 heteroatoms. The summed E-state index contributed by atoms with van der Waals surface area (Å²) in [5.74, 6) is -1.03. The van der Waals surface area contributed by atoms with Crippen molar-refractivity contribution in [2.24, 2.45) is 0 Å². The second-order valence-electron chi connectivity index (χ2n) is 2.17. The third-order valence-electron chi connectivity index (χ3n) is 1.38. The van der Waals surface area contributed by atoms with Crippen molar-refractivity contribution in [2.75, 3.05) is 13.1 Å². The highest BCUT2D eigenvalue weighted by Crippen LogP contribution is 2.08. The van der Waals surface area contributed by atoms with E-state index < -0.39 is 5.97 Å². The lowest BCUT2D eigenvalue weighted by molar-refractivity contribution is -0.133. The Kier molecular flexibility index (Phi) is 2.01. The number of rotatable bonds is 1. The molecule has 0 aromatic rings. The molecule has 3 nitrogen and oxygen atoms in total. The van der Waals surface area contributed by atoms with Crippen molar-refractivity contribution in [1.82, 2.24) is 5.12 Å². The van der Waals surface area contributed by atoms with E-state index in [1.165, 1.54) is 0 Å². The first-order chi connectivity index (χ1) is 4.70. The van der Waals surface area contributed by atoms with E-state index in [1.54, 1.807) is 6.08 Å². The van der Waals surface area contributed by atoms with Crippen LogP contribution in [0.25, 0.3) is 0 Å². The molecule has 0 saturated carbocycles. The van der Waals surface area contributed by atoms with Crippen molar-refractivity contribution >= 4 is 5.97 Å². The third kappa shape index (κ3) is 1.54. The predicted molar refractivity (Wildman–Crippen MR) is 33.0 cm³/mol. The zero-order chi connectivity index (χ0) is 7.56. The van der Waals surface area contributed by atoms with E-state index >= 15 is 0 Å². The van der Waals surface area contributed by atoms with Crippen LogP contribution in [0, 0.1) is 0 Å². The molecule has 1 rings (SSSR count). The number of hydrogen-bond acceptors (Lipinski definition) is 2. The van der Waals surface area contributed by atoms with Gasteiger partial charge >= 0.3 is 5.97 Å². The number of nitrogens with zero attached hydrogens (tertiary/aromatic N) is 1. The van der Waals surface area contributed by atoms with E-state index in [1.807, 2.05) is 0 Å². The van der Waals surface area contributed by atoms with E-state index in [9.17, 15) is 9.28 Å². The molecule has 1 aliphatic rings. The van der Waals surface area contributed by atoms with Crippen molar-refractivity contribution in [2.45, 2.75) is 6.42 Å². The minimum absolute atomic E-state index is 0.0880. The van der Waals surface area contributed by atoms with Gasteiger partial charge in [-0.2, -0.15) is 0 Å². The Morgan fingerprint density at radius 3 is 2.90 bits per heavy atom. The summed E-state index contributed by atoms with van der Waals surface area (Å²) < 4.78 is 12.3. The largest absolute Gasteiger partial charge is 0.478 e. The van der Waals surface area contributed by atoms with Crippen molar-refractivity contribution < 1.29 is 14.4 Å². The molecule has 10 heavy (non-hydrogen) atoms. The Bertz CT molecular complexity index is 179. The summed E-state index contributed by atoms with van der Waals surface area (Å²) in [4.78, 5) is 10.2. The zero-order valence-corrected chi connectivity index (χ0v) is 5.38. The van der Waals surface area contributed by atoms with Crippen LogP contribution >= 0.6 is 0 Å². The summed E-state index contributed by atoms with van der Waals surface area (Å²) in [7, 11) is 0. The Hall–Kier alpha value is -0.900. The molecule has 0 aliphatic carbocycles. The number of carboxylic acids is 1. The fourth-order valence-electron chi connectivity index (χ4n) is 0.862. The topological polar surface area (TPSA) is 40.5 Å². The van der Waals surface area contributed by atoms with Gasteiger partial charge in [-0.15, -0.1) is 9.60 Å². The third-order valence-corrected chi connectivity index (χ3v) is 1.38. The highest BCUT2D eigenvalue weighted by Gasteiger charge is 2.15. The van der Waals surface area contributed by atoms with E-state index in [4.69, 9.17) is 5.11 Å². The Morgan fingerprint density at radius 1 is 1.80 bits per heavy atom. The van der Waals surface area contributed by atoms with E-state index in [2.05, 4.69) is 0 Å². The maximum absolute atomic E-state index is 12.3. The number of halogens is 1. The molecule has 0 amide bonds. The first-order valence-corrected chi connectivity index (χ1v) is 3.03. The van der Waals surface area contributed by atoms with Crippen LogP contribution in [0.2, 0.25) is 0 Å². The summed E-state index contributed by atoms with van der Waals surface area (Å²) >= 11 is 0. The van der Waals surface area contributed by atoms with Gasteiger partial charge in [0.25, 0.3) is 0 Å². The van der Waals surface area contributed by atoms with Crippen molar-refractivity contribution in [1.29, 1.82) is 0 Å². The van der Waals surface area contributed by atoms with E-state index in [0.29, 0.717) is 18.1 Å². The number of carbonyl (C=O) groups is 1. The number of hydrogen-bond donors (Lipinski definition) is 1. The lowest BCUT2D eigenvalue weighted by Gasteiger charge is -2.15. The number of carboxylic acid groups (broad SMARTS) is 1. The molecule has 0 aromatic carbocycles. The van der Waals surface area contributed by atoms with Crippen molar-refractivity contribution in [3.8, 4) is 0 Å². The van der Waals surface area contributed by atoms with Gasteiger partial charge in [-0.3, -0.25) is 0 Å². The number of aliphatic carboxylic acids is 1. The molecule has 1 heterocycles.